The Morgan fingerprint density at radius 1 is 1.18 bits per heavy atom. The van der Waals surface area contributed by atoms with E-state index in [4.69, 9.17) is 5.73 Å². The standard InChI is InChI=1S/C6H3Br2F2N/c7-2-1-3(11)6(10)4(8)5(2)9/h1H,11H2. The van der Waals surface area contributed by atoms with Gasteiger partial charge in [-0.2, -0.15) is 0 Å². The van der Waals surface area contributed by atoms with Gasteiger partial charge in [0.25, 0.3) is 0 Å². The van der Waals surface area contributed by atoms with E-state index in [0.717, 1.165) is 0 Å². The van der Waals surface area contributed by atoms with Gasteiger partial charge in [-0.15, -0.1) is 0 Å². The van der Waals surface area contributed by atoms with E-state index < -0.39 is 11.6 Å². The first-order valence-corrected chi connectivity index (χ1v) is 4.21. The molecule has 0 bridgehead atoms. The third-order valence-corrected chi connectivity index (χ3v) is 2.40. The van der Waals surface area contributed by atoms with Crippen LogP contribution in [0.25, 0.3) is 0 Å². The lowest BCUT2D eigenvalue weighted by molar-refractivity contribution is 0.570. The second-order valence-corrected chi connectivity index (χ2v) is 3.54. The highest BCUT2D eigenvalue weighted by atomic mass is 79.9. The summed E-state index contributed by atoms with van der Waals surface area (Å²) in [6.45, 7) is 0. The molecule has 11 heavy (non-hydrogen) atoms. The first-order chi connectivity index (χ1) is 5.04. The van der Waals surface area contributed by atoms with E-state index in [1.165, 1.54) is 6.07 Å². The summed E-state index contributed by atoms with van der Waals surface area (Å²) < 4.78 is 25.4. The van der Waals surface area contributed by atoms with E-state index in [-0.39, 0.29) is 14.6 Å². The molecule has 0 fully saturated rings. The molecule has 60 valence electrons. The predicted octanol–water partition coefficient (Wildman–Crippen LogP) is 3.07. The highest BCUT2D eigenvalue weighted by Crippen LogP contribution is 2.30. The van der Waals surface area contributed by atoms with Crippen LogP contribution in [-0.2, 0) is 0 Å². The lowest BCUT2D eigenvalue weighted by Gasteiger charge is -2.01. The molecule has 0 saturated carbocycles. The number of rotatable bonds is 0. The van der Waals surface area contributed by atoms with E-state index in [0.29, 0.717) is 0 Å². The maximum atomic E-state index is 12.8. The number of benzene rings is 1. The van der Waals surface area contributed by atoms with Crippen LogP contribution in [-0.4, -0.2) is 0 Å². The van der Waals surface area contributed by atoms with Crippen molar-refractivity contribution in [1.82, 2.24) is 0 Å². The summed E-state index contributed by atoms with van der Waals surface area (Å²) in [5, 5.41) is 0. The quantitative estimate of drug-likeness (QED) is 0.443. The molecule has 0 saturated heterocycles. The Morgan fingerprint density at radius 3 is 2.27 bits per heavy atom. The summed E-state index contributed by atoms with van der Waals surface area (Å²) >= 11 is 5.60. The maximum Gasteiger partial charge on any atom is 0.163 e. The van der Waals surface area contributed by atoms with Gasteiger partial charge in [0.1, 0.15) is 0 Å². The summed E-state index contributed by atoms with van der Waals surface area (Å²) in [5.41, 5.74) is 5.10. The number of nitrogens with two attached hydrogens (primary N) is 1. The van der Waals surface area contributed by atoms with E-state index in [1.54, 1.807) is 0 Å². The number of anilines is 1. The lowest BCUT2D eigenvalue weighted by atomic mass is 10.3. The van der Waals surface area contributed by atoms with Gasteiger partial charge in [0.2, 0.25) is 0 Å². The molecular formula is C6H3Br2F2N. The second kappa shape index (κ2) is 3.06. The van der Waals surface area contributed by atoms with Crippen LogP contribution in [0.4, 0.5) is 14.5 Å². The third-order valence-electron chi connectivity index (χ3n) is 1.13. The van der Waals surface area contributed by atoms with Gasteiger partial charge < -0.3 is 5.73 Å². The van der Waals surface area contributed by atoms with Crippen molar-refractivity contribution in [2.45, 2.75) is 0 Å². The average Bonchev–Trinajstić information content (AvgIpc) is 1.97. The minimum atomic E-state index is -0.772. The molecule has 1 rings (SSSR count). The average molecular weight is 287 g/mol. The first kappa shape index (κ1) is 8.93. The van der Waals surface area contributed by atoms with Crippen LogP contribution < -0.4 is 5.73 Å². The summed E-state index contributed by atoms with van der Waals surface area (Å²) in [7, 11) is 0. The van der Waals surface area contributed by atoms with E-state index in [1.807, 2.05) is 0 Å². The molecule has 0 heterocycles. The van der Waals surface area contributed by atoms with Crippen LogP contribution in [0, 0.1) is 11.6 Å². The maximum absolute atomic E-state index is 12.8. The Bertz CT molecular complexity index is 275. The second-order valence-electron chi connectivity index (χ2n) is 1.89. The molecule has 0 spiro atoms. The predicted molar refractivity (Wildman–Crippen MR) is 46.2 cm³/mol. The lowest BCUT2D eigenvalue weighted by Crippen LogP contribution is -1.94. The van der Waals surface area contributed by atoms with Crippen LogP contribution in [0.15, 0.2) is 15.0 Å². The van der Waals surface area contributed by atoms with Crippen LogP contribution in [0.1, 0.15) is 0 Å². The highest BCUT2D eigenvalue weighted by Gasteiger charge is 2.12. The largest absolute Gasteiger partial charge is 0.396 e. The van der Waals surface area contributed by atoms with Crippen LogP contribution >= 0.6 is 31.9 Å². The molecule has 0 atom stereocenters. The van der Waals surface area contributed by atoms with Crippen molar-refractivity contribution in [3.63, 3.8) is 0 Å². The van der Waals surface area contributed by atoms with Crippen LogP contribution in [0.2, 0.25) is 0 Å². The zero-order chi connectivity index (χ0) is 8.59. The third kappa shape index (κ3) is 1.54. The van der Waals surface area contributed by atoms with Crippen molar-refractivity contribution < 1.29 is 8.78 Å². The molecule has 1 nitrogen and oxygen atoms in total. The molecule has 0 unspecified atom stereocenters. The molecule has 1 aromatic carbocycles. The molecule has 0 amide bonds. The van der Waals surface area contributed by atoms with Crippen molar-refractivity contribution in [2.24, 2.45) is 0 Å². The fourth-order valence-electron chi connectivity index (χ4n) is 0.591. The fraction of sp³-hybridized carbons (Fsp3) is 0. The Kier molecular flexibility index (Phi) is 2.49. The topological polar surface area (TPSA) is 26.0 Å². The Labute approximate surface area is 78.8 Å². The first-order valence-electron chi connectivity index (χ1n) is 2.62. The van der Waals surface area contributed by atoms with Gasteiger partial charge in [-0.05, 0) is 37.9 Å². The van der Waals surface area contributed by atoms with Gasteiger partial charge in [-0.1, -0.05) is 0 Å². The molecule has 0 aliphatic carbocycles. The van der Waals surface area contributed by atoms with Crippen molar-refractivity contribution in [2.75, 3.05) is 5.73 Å². The molecule has 0 aliphatic heterocycles. The molecule has 1 aromatic rings. The zero-order valence-electron chi connectivity index (χ0n) is 5.17. The van der Waals surface area contributed by atoms with E-state index >= 15 is 0 Å². The molecule has 0 radical (unpaired) electrons. The van der Waals surface area contributed by atoms with Crippen molar-refractivity contribution in [1.29, 1.82) is 0 Å². The van der Waals surface area contributed by atoms with Gasteiger partial charge in [0, 0.05) is 0 Å². The normalized spacial score (nSPS) is 10.2. The van der Waals surface area contributed by atoms with Gasteiger partial charge in [0.15, 0.2) is 11.6 Å². The van der Waals surface area contributed by atoms with E-state index in [2.05, 4.69) is 31.9 Å². The summed E-state index contributed by atoms with van der Waals surface area (Å²) in [4.78, 5) is 0. The van der Waals surface area contributed by atoms with Crippen molar-refractivity contribution in [3.05, 3.63) is 26.6 Å². The molecule has 0 aromatic heterocycles. The number of hydrogen-bond donors (Lipinski definition) is 1. The fourth-order valence-corrected chi connectivity index (χ4v) is 1.74. The molecular weight excluding hydrogens is 284 g/mol. The number of hydrogen-bond acceptors (Lipinski definition) is 1. The SMILES string of the molecule is Nc1cc(Br)c(F)c(Br)c1F. The van der Waals surface area contributed by atoms with Crippen molar-refractivity contribution in [3.8, 4) is 0 Å². The van der Waals surface area contributed by atoms with Crippen LogP contribution in [0.3, 0.4) is 0 Å². The minimum absolute atomic E-state index is 0.0925. The Morgan fingerprint density at radius 2 is 1.73 bits per heavy atom. The summed E-state index contributed by atoms with van der Waals surface area (Å²) in [5.74, 6) is -1.46. The van der Waals surface area contributed by atoms with Crippen molar-refractivity contribution >= 4 is 37.5 Å². The van der Waals surface area contributed by atoms with Gasteiger partial charge >= 0.3 is 0 Å². The van der Waals surface area contributed by atoms with E-state index in [9.17, 15) is 8.78 Å². The Balaban J connectivity index is 3.46. The van der Waals surface area contributed by atoms with Gasteiger partial charge in [-0.3, -0.25) is 0 Å². The number of halogens is 4. The molecule has 2 N–H and O–H groups in total. The summed E-state index contributed by atoms with van der Waals surface area (Å²) in [6, 6.07) is 1.18. The minimum Gasteiger partial charge on any atom is -0.396 e. The van der Waals surface area contributed by atoms with Crippen LogP contribution in [0.5, 0.6) is 0 Å². The Hall–Kier alpha value is -0.160. The zero-order valence-corrected chi connectivity index (χ0v) is 8.34. The number of nitrogen functional groups attached to an aromatic ring is 1. The highest BCUT2D eigenvalue weighted by molar-refractivity contribution is 9.11. The monoisotopic (exact) mass is 285 g/mol. The molecule has 5 heteroatoms. The van der Waals surface area contributed by atoms with Gasteiger partial charge in [-0.25, -0.2) is 8.78 Å². The summed E-state index contributed by atoms with van der Waals surface area (Å²) in [6.07, 6.45) is 0. The smallest absolute Gasteiger partial charge is 0.163 e. The van der Waals surface area contributed by atoms with Gasteiger partial charge in [0.05, 0.1) is 14.6 Å². The molecule has 0 aliphatic rings.